The number of methoxy groups -OCH3 is 1. The Morgan fingerprint density at radius 3 is 1.33 bits per heavy atom. The average molecular weight is 900 g/mol. The fraction of sp³-hybridized carbons (Fsp3) is 0.308. The van der Waals surface area contributed by atoms with Gasteiger partial charge in [0, 0.05) is 12.2 Å². The summed E-state index contributed by atoms with van der Waals surface area (Å²) in [5.74, 6) is -2.40. The van der Waals surface area contributed by atoms with Gasteiger partial charge >= 0.3 is 23.9 Å². The molecule has 344 valence electrons. The average Bonchev–Trinajstić information content (AvgIpc) is 3.55. The largest absolute Gasteiger partial charge is 0.497 e. The van der Waals surface area contributed by atoms with Crippen molar-refractivity contribution in [2.24, 2.45) is 0 Å². The number of ether oxygens (including phenoxy) is 7. The quantitative estimate of drug-likeness (QED) is 0.0179. The molecule has 1 heterocycles. The second-order valence-electron chi connectivity index (χ2n) is 15.5. The van der Waals surface area contributed by atoms with Gasteiger partial charge in [-0.2, -0.15) is 0 Å². The van der Waals surface area contributed by atoms with E-state index in [1.807, 2.05) is 12.1 Å². The first-order valence-electron chi connectivity index (χ1n) is 21.9. The summed E-state index contributed by atoms with van der Waals surface area (Å²) in [5, 5.41) is 3.00. The van der Waals surface area contributed by atoms with E-state index >= 15 is 0 Å². The van der Waals surface area contributed by atoms with Gasteiger partial charge in [-0.1, -0.05) is 49.6 Å². The van der Waals surface area contributed by atoms with Crippen molar-refractivity contribution in [1.82, 2.24) is 4.90 Å². The number of hydrogen-bond donors (Lipinski definition) is 0. The fourth-order valence-corrected chi connectivity index (χ4v) is 7.18. The molecule has 0 spiro atoms. The predicted octanol–water partition coefficient (Wildman–Crippen LogP) is 8.66. The summed E-state index contributed by atoms with van der Waals surface area (Å²) < 4.78 is 38.6. The maximum absolute atomic E-state index is 13.9. The Hall–Kier alpha value is -7.48. The van der Waals surface area contributed by atoms with Crippen LogP contribution in [0.5, 0.6) is 17.2 Å². The number of esters is 4. The molecule has 6 rings (SSSR count). The third-order valence-corrected chi connectivity index (χ3v) is 10.8. The SMILES string of the molecule is C=CC(=O)OCCCCCCOc1ccc2cc(C(=O)O[C@H]3C(=O)N(Cc4ccc(OC)cc4)C(=O)[C@@H]3OC(=O)c3ccc4cc(OCCCCCCOC(=O)C=C)ccc4c3)ccc2c1. The number of imide groups is 1. The van der Waals surface area contributed by atoms with Crippen LogP contribution in [-0.4, -0.2) is 86.3 Å². The number of likely N-dealkylation sites (tertiary alicyclic amines) is 1. The highest BCUT2D eigenvalue weighted by molar-refractivity contribution is 6.10. The molecule has 0 bridgehead atoms. The fourth-order valence-electron chi connectivity index (χ4n) is 7.18. The minimum absolute atomic E-state index is 0.121. The molecule has 2 atom stereocenters. The number of rotatable bonds is 25. The second kappa shape index (κ2) is 24.0. The third kappa shape index (κ3) is 13.3. The first-order valence-corrected chi connectivity index (χ1v) is 21.9. The summed E-state index contributed by atoms with van der Waals surface area (Å²) in [5.41, 5.74) is 0.837. The molecule has 14 heteroatoms. The Balaban J connectivity index is 1.08. The molecule has 0 unspecified atom stereocenters. The van der Waals surface area contributed by atoms with Crippen LogP contribution in [0.2, 0.25) is 0 Å². The van der Waals surface area contributed by atoms with E-state index in [1.54, 1.807) is 84.9 Å². The number of amides is 2. The van der Waals surface area contributed by atoms with Crippen molar-refractivity contribution in [3.8, 4) is 17.2 Å². The van der Waals surface area contributed by atoms with Crippen LogP contribution < -0.4 is 14.2 Å². The number of benzene rings is 5. The van der Waals surface area contributed by atoms with Crippen LogP contribution in [0, 0.1) is 0 Å². The molecule has 5 aromatic carbocycles. The maximum atomic E-state index is 13.9. The molecule has 5 aromatic rings. The normalized spacial score (nSPS) is 14.4. The monoisotopic (exact) mass is 899 g/mol. The number of carbonyl (C=O) groups is 6. The Bertz CT molecular complexity index is 2400. The van der Waals surface area contributed by atoms with Crippen molar-refractivity contribution < 1.29 is 61.9 Å². The summed E-state index contributed by atoms with van der Waals surface area (Å²) in [6, 6.07) is 27.4. The second-order valence-corrected chi connectivity index (χ2v) is 15.5. The van der Waals surface area contributed by atoms with Crippen LogP contribution in [0.25, 0.3) is 21.5 Å². The van der Waals surface area contributed by atoms with Gasteiger partial charge in [0.1, 0.15) is 17.2 Å². The number of unbranched alkanes of at least 4 members (excludes halogenated alkanes) is 6. The van der Waals surface area contributed by atoms with E-state index in [-0.39, 0.29) is 17.7 Å². The van der Waals surface area contributed by atoms with Gasteiger partial charge in [-0.25, -0.2) is 19.2 Å². The van der Waals surface area contributed by atoms with Crippen LogP contribution in [0.1, 0.15) is 77.6 Å². The van der Waals surface area contributed by atoms with Crippen LogP contribution in [0.4, 0.5) is 0 Å². The highest BCUT2D eigenvalue weighted by atomic mass is 16.6. The Kier molecular flexibility index (Phi) is 17.4. The minimum atomic E-state index is -1.75. The molecule has 14 nitrogen and oxygen atoms in total. The van der Waals surface area contributed by atoms with Crippen molar-refractivity contribution in [3.05, 3.63) is 139 Å². The van der Waals surface area contributed by atoms with Crippen molar-refractivity contribution in [2.45, 2.75) is 70.1 Å². The van der Waals surface area contributed by atoms with Gasteiger partial charge in [-0.15, -0.1) is 0 Å². The van der Waals surface area contributed by atoms with E-state index in [9.17, 15) is 28.8 Å². The molecule has 0 saturated carbocycles. The van der Waals surface area contributed by atoms with Gasteiger partial charge < -0.3 is 33.2 Å². The van der Waals surface area contributed by atoms with E-state index in [0.29, 0.717) is 60.0 Å². The van der Waals surface area contributed by atoms with Crippen LogP contribution >= 0.6 is 0 Å². The summed E-state index contributed by atoms with van der Waals surface area (Å²) in [6.07, 6.45) is 5.52. The highest BCUT2D eigenvalue weighted by Gasteiger charge is 2.53. The summed E-state index contributed by atoms with van der Waals surface area (Å²) >= 11 is 0. The van der Waals surface area contributed by atoms with Gasteiger partial charge in [0.25, 0.3) is 11.8 Å². The molecule has 66 heavy (non-hydrogen) atoms. The molecule has 1 aliphatic heterocycles. The van der Waals surface area contributed by atoms with Crippen LogP contribution in [0.15, 0.2) is 122 Å². The minimum Gasteiger partial charge on any atom is -0.497 e. The summed E-state index contributed by atoms with van der Waals surface area (Å²) in [4.78, 5) is 78.5. The number of fused-ring (bicyclic) bond motifs is 2. The lowest BCUT2D eigenvalue weighted by Crippen LogP contribution is -2.37. The van der Waals surface area contributed by atoms with E-state index in [2.05, 4.69) is 13.2 Å². The molecule has 0 aliphatic carbocycles. The molecule has 2 amide bonds. The van der Waals surface area contributed by atoms with E-state index in [1.165, 1.54) is 7.11 Å². The topological polar surface area (TPSA) is 170 Å². The molecule has 0 N–H and O–H groups in total. The van der Waals surface area contributed by atoms with Crippen molar-refractivity contribution in [2.75, 3.05) is 33.5 Å². The van der Waals surface area contributed by atoms with E-state index < -0.39 is 47.9 Å². The maximum Gasteiger partial charge on any atom is 0.339 e. The van der Waals surface area contributed by atoms with Gasteiger partial charge in [0.05, 0.1) is 51.2 Å². The molecule has 0 aromatic heterocycles. The zero-order valence-electron chi connectivity index (χ0n) is 36.9. The zero-order chi connectivity index (χ0) is 46.8. The molecular weight excluding hydrogens is 847 g/mol. The third-order valence-electron chi connectivity index (χ3n) is 10.8. The number of nitrogens with zero attached hydrogens (tertiary/aromatic N) is 1. The standard InChI is InChI=1S/C52H53NO13/c1-4-45(54)63-28-12-8-6-10-26-61-43-24-20-36-30-40(18-16-38(36)32-43)51(58)65-47-48(50(57)53(49(47)56)34-35-14-22-42(60-3)23-15-35)66-52(59)41-19-17-39-33-44(25-21-37(39)31-41)62-27-11-7-9-13-29-64-46(55)5-2/h4-5,14-25,30-33,47-48H,1-2,6-13,26-29,34H2,3H3/t47-,48-/m1/s1. The molecular formula is C52H53NO13. The Morgan fingerprint density at radius 2 is 0.909 bits per heavy atom. The van der Waals surface area contributed by atoms with Crippen molar-refractivity contribution in [3.63, 3.8) is 0 Å². The van der Waals surface area contributed by atoms with Gasteiger partial charge in [0.15, 0.2) is 0 Å². The number of carbonyl (C=O) groups excluding carboxylic acids is 6. The molecule has 1 aliphatic rings. The van der Waals surface area contributed by atoms with E-state index in [0.717, 1.165) is 79.2 Å². The lowest BCUT2D eigenvalue weighted by molar-refractivity contribution is -0.142. The van der Waals surface area contributed by atoms with Gasteiger partial charge in [0.2, 0.25) is 12.2 Å². The summed E-state index contributed by atoms with van der Waals surface area (Å²) in [7, 11) is 1.52. The van der Waals surface area contributed by atoms with Gasteiger partial charge in [-0.05, 0) is 139 Å². The lowest BCUT2D eigenvalue weighted by atomic mass is 10.1. The first-order chi connectivity index (χ1) is 32.1. The first kappa shape index (κ1) is 48.0. The van der Waals surface area contributed by atoms with E-state index in [4.69, 9.17) is 33.2 Å². The van der Waals surface area contributed by atoms with Crippen LogP contribution in [-0.2, 0) is 44.7 Å². The summed E-state index contributed by atoms with van der Waals surface area (Å²) in [6.45, 7) is 8.30. The molecule has 0 radical (unpaired) electrons. The number of hydrogen-bond acceptors (Lipinski definition) is 13. The molecule has 1 fully saturated rings. The van der Waals surface area contributed by atoms with Gasteiger partial charge in [-0.3, -0.25) is 14.5 Å². The predicted molar refractivity (Wildman–Crippen MR) is 245 cm³/mol. The zero-order valence-corrected chi connectivity index (χ0v) is 36.9. The van der Waals surface area contributed by atoms with Crippen LogP contribution in [0.3, 0.4) is 0 Å². The van der Waals surface area contributed by atoms with Crippen molar-refractivity contribution >= 4 is 57.2 Å². The smallest absolute Gasteiger partial charge is 0.339 e. The highest BCUT2D eigenvalue weighted by Crippen LogP contribution is 2.29. The van der Waals surface area contributed by atoms with Crippen molar-refractivity contribution in [1.29, 1.82) is 0 Å². The molecule has 1 saturated heterocycles. The Labute approximate surface area is 383 Å². The Morgan fingerprint density at radius 1 is 0.515 bits per heavy atom. The lowest BCUT2D eigenvalue weighted by Gasteiger charge is -2.17.